The van der Waals surface area contributed by atoms with Gasteiger partial charge in [-0.2, -0.15) is 8.42 Å². The van der Waals surface area contributed by atoms with Crippen LogP contribution in [0.15, 0.2) is 128 Å². The van der Waals surface area contributed by atoms with Crippen LogP contribution in [0.1, 0.15) is 19.4 Å². The number of nitrogens with zero attached hydrogens (tertiary/aromatic N) is 2. The summed E-state index contributed by atoms with van der Waals surface area (Å²) in [6, 6.07) is 31.0. The van der Waals surface area contributed by atoms with Crippen LogP contribution in [0.3, 0.4) is 0 Å². The van der Waals surface area contributed by atoms with Crippen molar-refractivity contribution >= 4 is 55.8 Å². The lowest BCUT2D eigenvalue weighted by atomic mass is 9.84. The summed E-state index contributed by atoms with van der Waals surface area (Å²) in [5, 5.41) is 1.12. The van der Waals surface area contributed by atoms with Gasteiger partial charge in [0.25, 0.3) is 10.0 Å². The molecule has 0 fully saturated rings. The summed E-state index contributed by atoms with van der Waals surface area (Å²) in [7, 11) is -5.57. The Bertz CT molecular complexity index is 1720. The van der Waals surface area contributed by atoms with Crippen LogP contribution in [0.4, 0.5) is 5.69 Å². The number of fused-ring (bicyclic) bond motifs is 1. The lowest BCUT2D eigenvalue weighted by Gasteiger charge is -2.29. The van der Waals surface area contributed by atoms with Crippen LogP contribution in [0.5, 0.6) is 5.75 Å². The quantitative estimate of drug-likeness (QED) is 0.198. The first kappa shape index (κ1) is 27.7. The molecular weight excluding hydrogens is 615 g/mol. The predicted octanol–water partition coefficient (Wildman–Crippen LogP) is 8.58. The van der Waals surface area contributed by atoms with Gasteiger partial charge in [0.15, 0.2) is 0 Å². The topological polar surface area (TPSA) is 59.0 Å². The van der Waals surface area contributed by atoms with Crippen LogP contribution in [0, 0.1) is 0 Å². The lowest BCUT2D eigenvalue weighted by molar-refractivity contribution is 0.593. The number of anilines is 1. The van der Waals surface area contributed by atoms with Crippen molar-refractivity contribution in [1.29, 1.82) is 0 Å². The number of benzene rings is 4. The summed E-state index contributed by atoms with van der Waals surface area (Å²) in [4.78, 5) is 2.15. The van der Waals surface area contributed by atoms with Crippen molar-refractivity contribution in [2.45, 2.75) is 24.2 Å². The highest BCUT2D eigenvalue weighted by Gasteiger charge is 2.41. The molecule has 4 aromatic rings. The molecule has 1 atom stereocenters. The molecule has 0 aromatic heterocycles. The highest BCUT2D eigenvalue weighted by atomic mass is 79.9. The summed E-state index contributed by atoms with van der Waals surface area (Å²) < 4.78 is 40.1. The van der Waals surface area contributed by atoms with Crippen molar-refractivity contribution in [2.24, 2.45) is 4.15 Å². The minimum absolute atomic E-state index is 0.0470. The van der Waals surface area contributed by atoms with E-state index in [0.29, 0.717) is 16.1 Å². The molecular formula is C30H27BrClN2O3PS. The molecule has 1 aliphatic rings. The maximum Gasteiger partial charge on any atom is 0.284 e. The molecule has 1 aliphatic heterocycles. The molecule has 39 heavy (non-hydrogen) atoms. The normalized spacial score (nSPS) is 16.9. The predicted molar refractivity (Wildman–Crippen MR) is 165 cm³/mol. The fraction of sp³-hybridized carbons (Fsp3) is 0.133. The highest BCUT2D eigenvalue weighted by molar-refractivity contribution is 9.10. The molecule has 0 saturated heterocycles. The Hall–Kier alpha value is -2.83. The third-order valence-electron chi connectivity index (χ3n) is 6.74. The molecule has 0 spiro atoms. The maximum absolute atomic E-state index is 13.9. The Kier molecular flexibility index (Phi) is 7.55. The van der Waals surface area contributed by atoms with Gasteiger partial charge in [0.1, 0.15) is 5.75 Å². The van der Waals surface area contributed by atoms with E-state index >= 15 is 0 Å². The molecule has 1 heterocycles. The summed E-state index contributed by atoms with van der Waals surface area (Å²) >= 11 is 9.57. The second-order valence-corrected chi connectivity index (χ2v) is 15.4. The molecule has 9 heteroatoms. The molecule has 0 radical (unpaired) electrons. The number of halogens is 2. The first-order chi connectivity index (χ1) is 18.5. The van der Waals surface area contributed by atoms with E-state index in [9.17, 15) is 8.42 Å². The number of allylic oxidation sites excluding steroid dienone is 1. The van der Waals surface area contributed by atoms with E-state index in [0.717, 1.165) is 21.4 Å². The maximum atomic E-state index is 13.9. The summed E-state index contributed by atoms with van der Waals surface area (Å²) in [6.45, 7) is 4.27. The van der Waals surface area contributed by atoms with Crippen molar-refractivity contribution in [3.05, 3.63) is 130 Å². The average Bonchev–Trinajstić information content (AvgIpc) is 3.10. The van der Waals surface area contributed by atoms with Gasteiger partial charge in [-0.3, -0.25) is 0 Å². The minimum atomic E-state index is -4.16. The molecule has 200 valence electrons. The molecule has 5 rings (SSSR count). The fourth-order valence-electron chi connectivity index (χ4n) is 4.78. The van der Waals surface area contributed by atoms with Gasteiger partial charge in [0.05, 0.1) is 4.90 Å². The van der Waals surface area contributed by atoms with Gasteiger partial charge in [0.2, 0.25) is 7.28 Å². The number of hydrogen-bond donors (Lipinski definition) is 0. The number of sulfonamides is 1. The third kappa shape index (κ3) is 5.46. The second-order valence-electron chi connectivity index (χ2n) is 9.73. The van der Waals surface area contributed by atoms with Gasteiger partial charge in [-0.1, -0.05) is 83.8 Å². The van der Waals surface area contributed by atoms with Crippen LogP contribution in [-0.4, -0.2) is 15.5 Å². The summed E-state index contributed by atoms with van der Waals surface area (Å²) in [6.07, 6.45) is 0. The van der Waals surface area contributed by atoms with Crippen LogP contribution < -0.4 is 14.7 Å². The summed E-state index contributed by atoms with van der Waals surface area (Å²) in [5.41, 5.74) is 2.69. The van der Waals surface area contributed by atoms with Crippen LogP contribution in [-0.2, 0) is 15.4 Å². The Morgan fingerprint density at radius 2 is 1.59 bits per heavy atom. The molecule has 0 saturated carbocycles. The smallest absolute Gasteiger partial charge is 0.284 e. The molecule has 0 N–H and O–H groups in total. The van der Waals surface area contributed by atoms with Crippen LogP contribution in [0.25, 0.3) is 0 Å². The van der Waals surface area contributed by atoms with Crippen molar-refractivity contribution in [3.8, 4) is 5.75 Å². The third-order valence-corrected chi connectivity index (χ3v) is 12.3. The Morgan fingerprint density at radius 1 is 0.923 bits per heavy atom. The molecule has 0 amide bonds. The molecule has 0 bridgehead atoms. The number of rotatable bonds is 6. The lowest BCUT2D eigenvalue weighted by Crippen LogP contribution is -2.24. The van der Waals surface area contributed by atoms with Crippen LogP contribution >= 0.6 is 34.8 Å². The van der Waals surface area contributed by atoms with Crippen molar-refractivity contribution in [1.82, 2.24) is 0 Å². The summed E-state index contributed by atoms with van der Waals surface area (Å²) in [5.74, 6) is 2.45. The Labute approximate surface area is 243 Å². The number of hydrogen-bond acceptors (Lipinski definition) is 4. The monoisotopic (exact) mass is 640 g/mol. The molecule has 0 aliphatic carbocycles. The van der Waals surface area contributed by atoms with Crippen molar-refractivity contribution < 1.29 is 12.9 Å². The van der Waals surface area contributed by atoms with E-state index < -0.39 is 22.7 Å². The Morgan fingerprint density at radius 3 is 2.26 bits per heavy atom. The number of likely N-dealkylation sites (N-methyl/N-ethyl adjacent to an activating group) is 1. The van der Waals surface area contributed by atoms with E-state index in [4.69, 9.17) is 16.1 Å². The van der Waals surface area contributed by atoms with E-state index in [2.05, 4.69) is 51.0 Å². The molecule has 5 nitrogen and oxygen atoms in total. The second kappa shape index (κ2) is 10.6. The van der Waals surface area contributed by atoms with Gasteiger partial charge in [-0.15, -0.1) is 4.15 Å². The first-order valence-electron chi connectivity index (χ1n) is 12.2. The van der Waals surface area contributed by atoms with Gasteiger partial charge in [-0.25, -0.2) is 0 Å². The Balaban J connectivity index is 1.84. The van der Waals surface area contributed by atoms with Gasteiger partial charge >= 0.3 is 0 Å². The zero-order valence-electron chi connectivity index (χ0n) is 21.6. The zero-order chi connectivity index (χ0) is 27.8. The fourth-order valence-corrected chi connectivity index (χ4v) is 10.3. The van der Waals surface area contributed by atoms with Gasteiger partial charge in [-0.05, 0) is 66.2 Å². The van der Waals surface area contributed by atoms with Crippen molar-refractivity contribution in [3.63, 3.8) is 0 Å². The molecule has 4 aromatic carbocycles. The van der Waals surface area contributed by atoms with E-state index in [1.54, 1.807) is 12.1 Å². The average molecular weight is 642 g/mol. The van der Waals surface area contributed by atoms with E-state index in [1.165, 1.54) is 12.1 Å². The van der Waals surface area contributed by atoms with Gasteiger partial charge in [0, 0.05) is 44.5 Å². The SMILES string of the molecule is CN1/C(=C/P(=NS(=O)(=O)c2ccc(Cl)cc2)(Oc2cccc(Br)c2)c2ccccc2)C(C)(C)c2ccccc21. The van der Waals surface area contributed by atoms with Gasteiger partial charge < -0.3 is 9.42 Å². The van der Waals surface area contributed by atoms with Crippen LogP contribution in [0.2, 0.25) is 5.02 Å². The van der Waals surface area contributed by atoms with E-state index in [1.807, 2.05) is 79.6 Å². The largest absolute Gasteiger partial charge is 0.451 e. The number of para-hydroxylation sites is 1. The first-order valence-corrected chi connectivity index (χ1v) is 16.6. The molecule has 1 unspecified atom stereocenters. The highest BCUT2D eigenvalue weighted by Crippen LogP contribution is 2.58. The standard InChI is InChI=1S/C30H27BrClN2O3PS/c1-30(2)27-14-7-8-15-28(27)34(3)29(30)21-38(25-12-5-4-6-13-25,37-24-11-9-10-22(31)20-24)33-39(35,36)26-18-16-23(32)17-19-26/h4-21H,1-3H3/b29-21+. The van der Waals surface area contributed by atoms with Crippen molar-refractivity contribution in [2.75, 3.05) is 11.9 Å². The van der Waals surface area contributed by atoms with E-state index in [-0.39, 0.29) is 4.90 Å². The zero-order valence-corrected chi connectivity index (χ0v) is 25.7. The minimum Gasteiger partial charge on any atom is -0.451 e.